The third-order valence-corrected chi connectivity index (χ3v) is 4.43. The Labute approximate surface area is 101 Å². The van der Waals surface area contributed by atoms with Gasteiger partial charge in [-0.15, -0.1) is 0 Å². The van der Waals surface area contributed by atoms with Crippen LogP contribution in [0.5, 0.6) is 0 Å². The van der Waals surface area contributed by atoms with Gasteiger partial charge in [0.1, 0.15) is 0 Å². The van der Waals surface area contributed by atoms with Crippen molar-refractivity contribution in [2.45, 2.75) is 64.5 Å². The maximum Gasteiger partial charge on any atom is 0.0223 e. The maximum atomic E-state index is 2.77. The molecule has 2 fully saturated rings. The summed E-state index contributed by atoms with van der Waals surface area (Å²) in [4.78, 5) is 5.54. The largest absolute Gasteiger partial charge is 0.298 e. The molecule has 0 N–H and O–H groups in total. The van der Waals surface area contributed by atoms with E-state index < -0.39 is 0 Å². The van der Waals surface area contributed by atoms with Crippen LogP contribution in [-0.2, 0) is 0 Å². The Bertz CT molecular complexity index is 205. The predicted molar refractivity (Wildman–Crippen MR) is 69.8 cm³/mol. The first-order valence-corrected chi connectivity index (χ1v) is 7.33. The Hall–Kier alpha value is -0.0800. The third kappa shape index (κ3) is 2.78. The number of hydrogen-bond acceptors (Lipinski definition) is 2. The zero-order valence-corrected chi connectivity index (χ0v) is 11.1. The number of rotatable bonds is 4. The second kappa shape index (κ2) is 6.02. The van der Waals surface area contributed by atoms with Gasteiger partial charge in [-0.2, -0.15) is 0 Å². The van der Waals surface area contributed by atoms with E-state index in [1.807, 2.05) is 0 Å². The van der Waals surface area contributed by atoms with Gasteiger partial charge in [-0.3, -0.25) is 9.80 Å². The van der Waals surface area contributed by atoms with Gasteiger partial charge in [-0.25, -0.2) is 0 Å². The zero-order chi connectivity index (χ0) is 11.4. The van der Waals surface area contributed by atoms with Gasteiger partial charge in [0.2, 0.25) is 0 Å². The van der Waals surface area contributed by atoms with E-state index in [1.165, 1.54) is 64.7 Å². The van der Waals surface area contributed by atoms with Gasteiger partial charge in [-0.1, -0.05) is 26.7 Å². The van der Waals surface area contributed by atoms with E-state index in [-0.39, 0.29) is 0 Å². The van der Waals surface area contributed by atoms with Crippen LogP contribution in [-0.4, -0.2) is 48.1 Å². The lowest BCUT2D eigenvalue weighted by molar-refractivity contribution is 0.00710. The van der Waals surface area contributed by atoms with Crippen LogP contribution in [0.15, 0.2) is 0 Å². The molecule has 2 heterocycles. The lowest BCUT2D eigenvalue weighted by atomic mass is 9.95. The molecule has 0 bridgehead atoms. The molecule has 0 radical (unpaired) electrons. The highest BCUT2D eigenvalue weighted by Gasteiger charge is 2.33. The average molecular weight is 224 g/mol. The number of nitrogens with zero attached hydrogens (tertiary/aromatic N) is 2. The summed E-state index contributed by atoms with van der Waals surface area (Å²) < 4.78 is 0. The number of fused-ring (bicyclic) bond motifs is 1. The topological polar surface area (TPSA) is 6.48 Å². The van der Waals surface area contributed by atoms with E-state index in [2.05, 4.69) is 23.6 Å². The summed E-state index contributed by atoms with van der Waals surface area (Å²) in [5.74, 6) is 0. The Morgan fingerprint density at radius 1 is 1.12 bits per heavy atom. The molecule has 16 heavy (non-hydrogen) atoms. The van der Waals surface area contributed by atoms with Gasteiger partial charge in [-0.05, 0) is 38.8 Å². The molecule has 2 atom stereocenters. The summed E-state index contributed by atoms with van der Waals surface area (Å²) in [6.07, 6.45) is 8.37. The fourth-order valence-electron chi connectivity index (χ4n) is 3.34. The SMILES string of the molecule is CCCCN1CC2CCCCN2CC1CC. The fourth-order valence-corrected chi connectivity index (χ4v) is 3.34. The van der Waals surface area contributed by atoms with Crippen LogP contribution >= 0.6 is 0 Å². The predicted octanol–water partition coefficient (Wildman–Crippen LogP) is 2.74. The number of hydrogen-bond donors (Lipinski definition) is 0. The molecular weight excluding hydrogens is 196 g/mol. The van der Waals surface area contributed by atoms with Crippen LogP contribution in [0.2, 0.25) is 0 Å². The summed E-state index contributed by atoms with van der Waals surface area (Å²) in [5.41, 5.74) is 0. The first kappa shape index (κ1) is 12.4. The second-order valence-electron chi connectivity index (χ2n) is 5.56. The number of unbranched alkanes of at least 4 members (excludes halogenated alkanes) is 1. The molecule has 94 valence electrons. The molecule has 2 rings (SSSR count). The zero-order valence-electron chi connectivity index (χ0n) is 11.1. The van der Waals surface area contributed by atoms with Crippen molar-refractivity contribution in [3.05, 3.63) is 0 Å². The van der Waals surface area contributed by atoms with Crippen molar-refractivity contribution in [3.63, 3.8) is 0 Å². The molecule has 0 spiro atoms. The van der Waals surface area contributed by atoms with Gasteiger partial charge >= 0.3 is 0 Å². The Balaban J connectivity index is 1.91. The molecule has 2 aliphatic heterocycles. The lowest BCUT2D eigenvalue weighted by Crippen LogP contribution is -2.59. The van der Waals surface area contributed by atoms with Gasteiger partial charge in [0.15, 0.2) is 0 Å². The molecule has 2 heteroatoms. The lowest BCUT2D eigenvalue weighted by Gasteiger charge is -2.48. The highest BCUT2D eigenvalue weighted by molar-refractivity contribution is 4.90. The highest BCUT2D eigenvalue weighted by atomic mass is 15.3. The molecule has 0 amide bonds. The quantitative estimate of drug-likeness (QED) is 0.724. The standard InChI is InChI=1S/C14H28N2/c1-3-5-9-15-12-14-8-6-7-10-16(14)11-13(15)4-2/h13-14H,3-12H2,1-2H3. The van der Waals surface area contributed by atoms with Crippen LogP contribution in [0.4, 0.5) is 0 Å². The second-order valence-corrected chi connectivity index (χ2v) is 5.56. The van der Waals surface area contributed by atoms with E-state index in [0.29, 0.717) is 0 Å². The maximum absolute atomic E-state index is 2.77. The molecule has 2 nitrogen and oxygen atoms in total. The Morgan fingerprint density at radius 2 is 2.00 bits per heavy atom. The minimum absolute atomic E-state index is 0.834. The monoisotopic (exact) mass is 224 g/mol. The van der Waals surface area contributed by atoms with Gasteiger partial charge < -0.3 is 0 Å². The van der Waals surface area contributed by atoms with Crippen LogP contribution < -0.4 is 0 Å². The van der Waals surface area contributed by atoms with Crippen LogP contribution in [0, 0.1) is 0 Å². The highest BCUT2D eigenvalue weighted by Crippen LogP contribution is 2.25. The first-order chi connectivity index (χ1) is 7.85. The molecular formula is C14H28N2. The molecule has 0 saturated carbocycles. The van der Waals surface area contributed by atoms with Crippen molar-refractivity contribution >= 4 is 0 Å². The average Bonchev–Trinajstić information content (AvgIpc) is 2.35. The van der Waals surface area contributed by atoms with Crippen molar-refractivity contribution in [2.75, 3.05) is 26.2 Å². The molecule has 0 aliphatic carbocycles. The minimum Gasteiger partial charge on any atom is -0.298 e. The fraction of sp³-hybridized carbons (Fsp3) is 1.00. The van der Waals surface area contributed by atoms with Crippen LogP contribution in [0.1, 0.15) is 52.4 Å². The summed E-state index contributed by atoms with van der Waals surface area (Å²) >= 11 is 0. The van der Waals surface area contributed by atoms with E-state index in [4.69, 9.17) is 0 Å². The summed E-state index contributed by atoms with van der Waals surface area (Å²) in [7, 11) is 0. The van der Waals surface area contributed by atoms with E-state index in [1.54, 1.807) is 0 Å². The van der Waals surface area contributed by atoms with E-state index in [0.717, 1.165) is 12.1 Å². The molecule has 2 saturated heterocycles. The molecule has 0 aromatic heterocycles. The van der Waals surface area contributed by atoms with Gasteiger partial charge in [0.05, 0.1) is 0 Å². The molecule has 2 unspecified atom stereocenters. The molecule has 0 aromatic rings. The molecule has 0 aromatic carbocycles. The summed E-state index contributed by atoms with van der Waals surface area (Å²) in [6.45, 7) is 10.0. The van der Waals surface area contributed by atoms with Crippen molar-refractivity contribution < 1.29 is 0 Å². The normalized spacial score (nSPS) is 32.6. The number of piperazine rings is 1. The Kier molecular flexibility index (Phi) is 4.66. The van der Waals surface area contributed by atoms with Crippen LogP contribution in [0.3, 0.4) is 0 Å². The summed E-state index contributed by atoms with van der Waals surface area (Å²) in [6, 6.07) is 1.72. The minimum atomic E-state index is 0.834. The first-order valence-electron chi connectivity index (χ1n) is 7.33. The van der Waals surface area contributed by atoms with Gasteiger partial charge in [0.25, 0.3) is 0 Å². The number of piperidine rings is 1. The smallest absolute Gasteiger partial charge is 0.0223 e. The van der Waals surface area contributed by atoms with Crippen molar-refractivity contribution in [3.8, 4) is 0 Å². The molecule has 2 aliphatic rings. The Morgan fingerprint density at radius 3 is 2.75 bits per heavy atom. The van der Waals surface area contributed by atoms with Crippen molar-refractivity contribution in [2.24, 2.45) is 0 Å². The van der Waals surface area contributed by atoms with Crippen molar-refractivity contribution in [1.82, 2.24) is 9.80 Å². The summed E-state index contributed by atoms with van der Waals surface area (Å²) in [5, 5.41) is 0. The van der Waals surface area contributed by atoms with Crippen molar-refractivity contribution in [1.29, 1.82) is 0 Å². The van der Waals surface area contributed by atoms with E-state index in [9.17, 15) is 0 Å². The van der Waals surface area contributed by atoms with Gasteiger partial charge in [0, 0.05) is 25.2 Å². The van der Waals surface area contributed by atoms with Crippen LogP contribution in [0.25, 0.3) is 0 Å². The third-order valence-electron chi connectivity index (χ3n) is 4.43. The van der Waals surface area contributed by atoms with E-state index >= 15 is 0 Å².